The zero-order valence-corrected chi connectivity index (χ0v) is 13.9. The molecule has 0 radical (unpaired) electrons. The lowest BCUT2D eigenvalue weighted by Crippen LogP contribution is -2.76. The van der Waals surface area contributed by atoms with Gasteiger partial charge in [-0.3, -0.25) is 19.6 Å². The van der Waals surface area contributed by atoms with Crippen LogP contribution in [0.4, 0.5) is 9.59 Å². The fourth-order valence-electron chi connectivity index (χ4n) is 4.74. The first-order valence-corrected chi connectivity index (χ1v) is 8.18. The van der Waals surface area contributed by atoms with E-state index >= 15 is 0 Å². The number of fused-ring (bicyclic) bond motifs is 1. The summed E-state index contributed by atoms with van der Waals surface area (Å²) < 4.78 is 5.24. The number of carbonyl (C=O) groups excluding carboxylic acids is 2. The third-order valence-electron chi connectivity index (χ3n) is 5.78. The number of carboxylic acid groups (broad SMARTS) is 2. The van der Waals surface area contributed by atoms with E-state index in [2.05, 4.69) is 0 Å². The summed E-state index contributed by atoms with van der Waals surface area (Å²) in [5.74, 6) is -3.17. The van der Waals surface area contributed by atoms with Crippen molar-refractivity contribution < 1.29 is 34.1 Å². The first kappa shape index (κ1) is 15.9. The van der Waals surface area contributed by atoms with Crippen LogP contribution in [0.2, 0.25) is 0 Å². The molecular weight excluding hydrogens is 360 g/mol. The maximum Gasteiger partial charge on any atom is 0.356 e. The van der Waals surface area contributed by atoms with Crippen molar-refractivity contribution in [1.82, 2.24) is 19.6 Å². The second-order valence-corrected chi connectivity index (χ2v) is 6.78. The van der Waals surface area contributed by atoms with E-state index in [9.17, 15) is 29.4 Å². The van der Waals surface area contributed by atoms with Crippen LogP contribution in [0.1, 0.15) is 11.1 Å². The molecule has 5 rings (SSSR count). The van der Waals surface area contributed by atoms with Gasteiger partial charge in [0.15, 0.2) is 0 Å². The Labute approximate surface area is 151 Å². The fourth-order valence-corrected chi connectivity index (χ4v) is 4.74. The topological polar surface area (TPSA) is 131 Å². The van der Waals surface area contributed by atoms with Gasteiger partial charge in [0, 0.05) is 0 Å². The zero-order valence-electron chi connectivity index (χ0n) is 13.9. The average molecular weight is 374 g/mol. The van der Waals surface area contributed by atoms with Crippen LogP contribution in [0.25, 0.3) is 0 Å². The summed E-state index contributed by atoms with van der Waals surface area (Å²) in [6, 6.07) is 5.31. The summed E-state index contributed by atoms with van der Waals surface area (Å²) in [5.41, 5.74) is -3.51. The van der Waals surface area contributed by atoms with Gasteiger partial charge in [0.25, 0.3) is 11.3 Å². The van der Waals surface area contributed by atoms with Crippen LogP contribution in [0.5, 0.6) is 0 Å². The summed E-state index contributed by atoms with van der Waals surface area (Å²) in [7, 11) is 0. The van der Waals surface area contributed by atoms with Gasteiger partial charge in [-0.2, -0.15) is 0 Å². The molecule has 4 aliphatic rings. The predicted octanol–water partition coefficient (Wildman–Crippen LogP) is -0.318. The monoisotopic (exact) mass is 374 g/mol. The molecule has 3 fully saturated rings. The summed E-state index contributed by atoms with van der Waals surface area (Å²) >= 11 is 0. The molecule has 11 heteroatoms. The molecule has 0 unspecified atom stereocenters. The number of nitrogens with zero attached hydrogens (tertiary/aromatic N) is 4. The van der Waals surface area contributed by atoms with Gasteiger partial charge in [-0.05, 0) is 11.1 Å². The van der Waals surface area contributed by atoms with Crippen molar-refractivity contribution in [3.05, 3.63) is 35.4 Å². The van der Waals surface area contributed by atoms with Crippen molar-refractivity contribution in [2.45, 2.75) is 24.4 Å². The van der Waals surface area contributed by atoms with Gasteiger partial charge in [0.2, 0.25) is 0 Å². The van der Waals surface area contributed by atoms with E-state index < -0.39 is 48.8 Å². The largest absolute Gasteiger partial charge is 0.478 e. The molecule has 1 aromatic rings. The maximum atomic E-state index is 13.1. The number of benzene rings is 1. The van der Waals surface area contributed by atoms with Crippen LogP contribution >= 0.6 is 0 Å². The van der Waals surface area contributed by atoms with Crippen molar-refractivity contribution in [2.24, 2.45) is 0 Å². The Morgan fingerprint density at radius 1 is 0.815 bits per heavy atom. The Hall–Kier alpha value is -3.34. The molecule has 3 saturated heterocycles. The minimum Gasteiger partial charge on any atom is -0.478 e. The van der Waals surface area contributed by atoms with Crippen LogP contribution in [0.3, 0.4) is 0 Å². The number of urea groups is 2. The van der Waals surface area contributed by atoms with E-state index in [4.69, 9.17) is 4.74 Å². The highest BCUT2D eigenvalue weighted by Crippen LogP contribution is 2.55. The third kappa shape index (κ3) is 1.42. The van der Waals surface area contributed by atoms with E-state index in [-0.39, 0.29) is 13.1 Å². The molecule has 2 N–H and O–H groups in total. The summed E-state index contributed by atoms with van der Waals surface area (Å²) in [6.07, 6.45) is 0. The van der Waals surface area contributed by atoms with Gasteiger partial charge in [0.1, 0.15) is 13.5 Å². The Morgan fingerprint density at radius 2 is 1.22 bits per heavy atom. The van der Waals surface area contributed by atoms with Crippen molar-refractivity contribution >= 4 is 24.0 Å². The number of carbonyl (C=O) groups is 4. The highest BCUT2D eigenvalue weighted by molar-refractivity contribution is 6.08. The van der Waals surface area contributed by atoms with E-state index in [1.54, 1.807) is 24.3 Å². The zero-order chi connectivity index (χ0) is 19.1. The molecule has 4 aliphatic heterocycles. The highest BCUT2D eigenvalue weighted by Gasteiger charge is 2.87. The van der Waals surface area contributed by atoms with Crippen molar-refractivity contribution in [3.63, 3.8) is 0 Å². The maximum absolute atomic E-state index is 13.1. The third-order valence-corrected chi connectivity index (χ3v) is 5.78. The molecule has 0 saturated carbocycles. The molecule has 0 atom stereocenters. The number of hydrogen-bond acceptors (Lipinski definition) is 5. The van der Waals surface area contributed by atoms with Crippen molar-refractivity contribution in [3.8, 4) is 0 Å². The first-order chi connectivity index (χ1) is 12.9. The number of ether oxygens (including phenoxy) is 1. The molecule has 4 amide bonds. The Kier molecular flexibility index (Phi) is 2.75. The van der Waals surface area contributed by atoms with Crippen LogP contribution in [-0.2, 0) is 27.4 Å². The second kappa shape index (κ2) is 4.68. The number of rotatable bonds is 2. The van der Waals surface area contributed by atoms with Gasteiger partial charge in [0.05, 0.1) is 13.1 Å². The quantitative estimate of drug-likeness (QED) is 0.725. The Morgan fingerprint density at radius 3 is 1.63 bits per heavy atom. The summed E-state index contributed by atoms with van der Waals surface area (Å²) in [4.78, 5) is 54.9. The lowest BCUT2D eigenvalue weighted by atomic mass is 9.91. The highest BCUT2D eigenvalue weighted by atomic mass is 16.5. The van der Waals surface area contributed by atoms with Gasteiger partial charge in [-0.15, -0.1) is 0 Å². The van der Waals surface area contributed by atoms with Crippen molar-refractivity contribution in [2.75, 3.05) is 13.5 Å². The first-order valence-electron chi connectivity index (χ1n) is 8.18. The molecular formula is C16H14N4O7. The number of aliphatic carboxylic acids is 2. The van der Waals surface area contributed by atoms with Crippen LogP contribution in [-0.4, -0.2) is 78.6 Å². The Balaban J connectivity index is 1.88. The predicted molar refractivity (Wildman–Crippen MR) is 83.6 cm³/mol. The molecule has 11 nitrogen and oxygen atoms in total. The average Bonchev–Trinajstić information content (AvgIpc) is 2.92. The number of hydrogen-bond donors (Lipinski definition) is 2. The van der Waals surface area contributed by atoms with E-state index in [0.29, 0.717) is 11.1 Å². The van der Waals surface area contributed by atoms with Gasteiger partial charge >= 0.3 is 24.0 Å². The fraction of sp³-hybridized carbons (Fsp3) is 0.375. The van der Waals surface area contributed by atoms with Crippen LogP contribution in [0.15, 0.2) is 24.3 Å². The van der Waals surface area contributed by atoms with E-state index in [1.165, 1.54) is 0 Å². The second-order valence-electron chi connectivity index (χ2n) is 6.78. The van der Waals surface area contributed by atoms with E-state index in [0.717, 1.165) is 19.6 Å². The van der Waals surface area contributed by atoms with Gasteiger partial charge in [-0.25, -0.2) is 19.2 Å². The van der Waals surface area contributed by atoms with Crippen LogP contribution < -0.4 is 0 Å². The molecule has 1 aromatic carbocycles. The number of carboxylic acids is 2. The smallest absolute Gasteiger partial charge is 0.356 e. The standard InChI is InChI=1S/C16H14N4O7/c21-11(22)15-16(12(23)24)19-7-27-8-20(16)14(26)18(15)6-10-4-2-1-3-9(10)5-17(15)13(19)25/h1-4H,5-8H2,(H,21,22)(H,23,24). The minimum absolute atomic E-state index is 0.134. The molecule has 27 heavy (non-hydrogen) atoms. The number of amides is 4. The van der Waals surface area contributed by atoms with Crippen molar-refractivity contribution in [1.29, 1.82) is 0 Å². The molecule has 0 aliphatic carbocycles. The lowest BCUT2D eigenvalue weighted by molar-refractivity contribution is -0.207. The van der Waals surface area contributed by atoms with Gasteiger partial charge < -0.3 is 14.9 Å². The minimum atomic E-state index is -2.41. The summed E-state index contributed by atoms with van der Waals surface area (Å²) in [6.45, 7) is -1.11. The molecule has 0 bridgehead atoms. The van der Waals surface area contributed by atoms with Gasteiger partial charge in [-0.1, -0.05) is 24.3 Å². The Bertz CT molecular complexity index is 878. The molecule has 4 heterocycles. The summed E-state index contributed by atoms with van der Waals surface area (Å²) in [5, 5.41) is 20.4. The molecule has 0 aromatic heterocycles. The normalized spacial score (nSPS) is 31.0. The van der Waals surface area contributed by atoms with E-state index in [1.807, 2.05) is 0 Å². The van der Waals surface area contributed by atoms with Crippen LogP contribution in [0, 0.1) is 0 Å². The lowest BCUT2D eigenvalue weighted by Gasteiger charge is -2.44. The SMILES string of the molecule is O=C1N2COCN3C(=O)N4Cc5ccccc5CN1C4(C(=O)O)C23C(=O)O. The molecule has 0 spiro atoms. The molecule has 140 valence electrons.